The second-order valence-electron chi connectivity index (χ2n) is 4.75. The van der Waals surface area contributed by atoms with Crippen molar-refractivity contribution in [2.75, 3.05) is 32.7 Å². The standard InChI is InChI=1S/C14H18N4/c1-2-12(4-7-18-8-5-15-6-9-18)14-11-17-16-10-13(14)3-1/h1-3,10-11,15H,4-9H2. The number of nitrogens with one attached hydrogen (secondary N) is 1. The Labute approximate surface area is 107 Å². The van der Waals surface area contributed by atoms with E-state index < -0.39 is 0 Å². The topological polar surface area (TPSA) is 41.0 Å². The summed E-state index contributed by atoms with van der Waals surface area (Å²) in [6, 6.07) is 6.40. The van der Waals surface area contributed by atoms with Crippen LogP contribution in [-0.2, 0) is 6.42 Å². The van der Waals surface area contributed by atoms with E-state index in [4.69, 9.17) is 0 Å². The summed E-state index contributed by atoms with van der Waals surface area (Å²) in [5.41, 5.74) is 1.38. The van der Waals surface area contributed by atoms with Gasteiger partial charge in [-0.15, -0.1) is 0 Å². The Kier molecular flexibility index (Phi) is 3.48. The minimum absolute atomic E-state index is 1.09. The van der Waals surface area contributed by atoms with E-state index >= 15 is 0 Å². The zero-order chi connectivity index (χ0) is 12.2. The zero-order valence-electron chi connectivity index (χ0n) is 10.5. The lowest BCUT2D eigenvalue weighted by molar-refractivity contribution is 0.244. The van der Waals surface area contributed by atoms with E-state index in [0.29, 0.717) is 0 Å². The zero-order valence-corrected chi connectivity index (χ0v) is 10.5. The van der Waals surface area contributed by atoms with Crippen LogP contribution < -0.4 is 5.32 Å². The Morgan fingerprint density at radius 2 is 1.94 bits per heavy atom. The Hall–Kier alpha value is -1.52. The molecule has 1 aliphatic heterocycles. The molecule has 0 saturated carbocycles. The van der Waals surface area contributed by atoms with Gasteiger partial charge in [0, 0.05) is 43.5 Å². The van der Waals surface area contributed by atoms with Crippen molar-refractivity contribution in [2.24, 2.45) is 0 Å². The molecule has 0 amide bonds. The summed E-state index contributed by atoms with van der Waals surface area (Å²) in [6.45, 7) is 5.67. The third-order valence-electron chi connectivity index (χ3n) is 3.59. The van der Waals surface area contributed by atoms with Crippen LogP contribution in [0.4, 0.5) is 0 Å². The highest BCUT2D eigenvalue weighted by Crippen LogP contribution is 2.17. The number of nitrogens with zero attached hydrogens (tertiary/aromatic N) is 3. The Balaban J connectivity index is 1.74. The van der Waals surface area contributed by atoms with E-state index in [1.807, 2.05) is 12.4 Å². The van der Waals surface area contributed by atoms with Crippen LogP contribution in [0.5, 0.6) is 0 Å². The molecule has 2 heterocycles. The Morgan fingerprint density at radius 1 is 1.11 bits per heavy atom. The van der Waals surface area contributed by atoms with Gasteiger partial charge in [0.05, 0.1) is 12.4 Å². The molecule has 0 atom stereocenters. The van der Waals surface area contributed by atoms with Crippen molar-refractivity contribution in [1.29, 1.82) is 0 Å². The Bertz CT molecular complexity index is 515. The fourth-order valence-corrected chi connectivity index (χ4v) is 2.52. The van der Waals surface area contributed by atoms with E-state index in [2.05, 4.69) is 38.6 Å². The molecule has 94 valence electrons. The Morgan fingerprint density at radius 3 is 2.83 bits per heavy atom. The molecule has 1 fully saturated rings. The van der Waals surface area contributed by atoms with Gasteiger partial charge in [-0.2, -0.15) is 10.2 Å². The molecular formula is C14H18N4. The van der Waals surface area contributed by atoms with E-state index in [1.54, 1.807) is 0 Å². The first-order valence-electron chi connectivity index (χ1n) is 6.55. The molecule has 18 heavy (non-hydrogen) atoms. The summed E-state index contributed by atoms with van der Waals surface area (Å²) in [7, 11) is 0. The van der Waals surface area contributed by atoms with Gasteiger partial charge in [0.1, 0.15) is 0 Å². The highest BCUT2D eigenvalue weighted by molar-refractivity contribution is 5.83. The maximum absolute atomic E-state index is 3.99. The molecule has 1 saturated heterocycles. The maximum atomic E-state index is 3.99. The lowest BCUT2D eigenvalue weighted by Crippen LogP contribution is -2.44. The molecule has 0 unspecified atom stereocenters. The van der Waals surface area contributed by atoms with Crippen molar-refractivity contribution in [1.82, 2.24) is 20.4 Å². The average molecular weight is 242 g/mol. The molecular weight excluding hydrogens is 224 g/mol. The first-order valence-corrected chi connectivity index (χ1v) is 6.55. The van der Waals surface area contributed by atoms with Crippen molar-refractivity contribution in [3.63, 3.8) is 0 Å². The van der Waals surface area contributed by atoms with Crippen LogP contribution in [0.25, 0.3) is 10.8 Å². The maximum Gasteiger partial charge on any atom is 0.0577 e. The predicted molar refractivity (Wildman–Crippen MR) is 72.6 cm³/mol. The normalized spacial score (nSPS) is 17.1. The molecule has 3 rings (SSSR count). The molecule has 0 radical (unpaired) electrons. The van der Waals surface area contributed by atoms with Crippen molar-refractivity contribution in [2.45, 2.75) is 6.42 Å². The minimum Gasteiger partial charge on any atom is -0.314 e. The first-order chi connectivity index (χ1) is 8.93. The third kappa shape index (κ3) is 2.49. The number of benzene rings is 1. The second-order valence-corrected chi connectivity index (χ2v) is 4.75. The van der Waals surface area contributed by atoms with Gasteiger partial charge in [0.2, 0.25) is 0 Å². The van der Waals surface area contributed by atoms with Crippen molar-refractivity contribution in [3.05, 3.63) is 36.2 Å². The molecule has 4 heteroatoms. The molecule has 0 bridgehead atoms. The monoisotopic (exact) mass is 242 g/mol. The summed E-state index contributed by atoms with van der Waals surface area (Å²) in [5.74, 6) is 0. The van der Waals surface area contributed by atoms with Crippen LogP contribution in [0.15, 0.2) is 30.6 Å². The highest BCUT2D eigenvalue weighted by Gasteiger charge is 2.09. The fourth-order valence-electron chi connectivity index (χ4n) is 2.52. The van der Waals surface area contributed by atoms with Crippen molar-refractivity contribution >= 4 is 10.8 Å². The summed E-state index contributed by atoms with van der Waals surface area (Å²) < 4.78 is 0. The number of fused-ring (bicyclic) bond motifs is 1. The van der Waals surface area contributed by atoms with Gasteiger partial charge in [0.25, 0.3) is 0 Å². The molecule has 2 aromatic rings. The number of hydrogen-bond acceptors (Lipinski definition) is 4. The molecule has 1 aliphatic rings. The quantitative estimate of drug-likeness (QED) is 0.874. The molecule has 1 aromatic heterocycles. The number of rotatable bonds is 3. The largest absolute Gasteiger partial charge is 0.314 e. The molecule has 4 nitrogen and oxygen atoms in total. The molecule has 1 aromatic carbocycles. The van der Waals surface area contributed by atoms with E-state index in [-0.39, 0.29) is 0 Å². The second kappa shape index (κ2) is 5.42. The van der Waals surface area contributed by atoms with Crippen LogP contribution in [0.1, 0.15) is 5.56 Å². The van der Waals surface area contributed by atoms with Crippen LogP contribution in [0.3, 0.4) is 0 Å². The smallest absolute Gasteiger partial charge is 0.0577 e. The van der Waals surface area contributed by atoms with Crippen molar-refractivity contribution < 1.29 is 0 Å². The average Bonchev–Trinajstić information content (AvgIpc) is 2.46. The van der Waals surface area contributed by atoms with Gasteiger partial charge in [-0.05, 0) is 12.0 Å². The number of hydrogen-bond donors (Lipinski definition) is 1. The number of aromatic nitrogens is 2. The summed E-state index contributed by atoms with van der Waals surface area (Å²) in [6.07, 6.45) is 4.80. The number of piperazine rings is 1. The van der Waals surface area contributed by atoms with E-state index in [1.165, 1.54) is 16.3 Å². The predicted octanol–water partition coefficient (Wildman–Crippen LogP) is 1.08. The van der Waals surface area contributed by atoms with Gasteiger partial charge in [-0.1, -0.05) is 18.2 Å². The van der Waals surface area contributed by atoms with Gasteiger partial charge >= 0.3 is 0 Å². The molecule has 0 aliphatic carbocycles. The van der Waals surface area contributed by atoms with Crippen LogP contribution in [-0.4, -0.2) is 47.8 Å². The van der Waals surface area contributed by atoms with E-state index in [9.17, 15) is 0 Å². The summed E-state index contributed by atoms with van der Waals surface area (Å²) in [5, 5.41) is 13.7. The van der Waals surface area contributed by atoms with Crippen LogP contribution >= 0.6 is 0 Å². The van der Waals surface area contributed by atoms with Gasteiger partial charge in [0.15, 0.2) is 0 Å². The summed E-state index contributed by atoms with van der Waals surface area (Å²) >= 11 is 0. The first kappa shape index (κ1) is 11.6. The van der Waals surface area contributed by atoms with Crippen LogP contribution in [0.2, 0.25) is 0 Å². The van der Waals surface area contributed by atoms with Crippen LogP contribution in [0, 0.1) is 0 Å². The lowest BCUT2D eigenvalue weighted by atomic mass is 10.0. The lowest BCUT2D eigenvalue weighted by Gasteiger charge is -2.27. The van der Waals surface area contributed by atoms with Gasteiger partial charge < -0.3 is 10.2 Å². The summed E-state index contributed by atoms with van der Waals surface area (Å²) in [4.78, 5) is 2.52. The SMILES string of the molecule is c1cc(CCN2CCNCC2)c2cnncc2c1. The van der Waals surface area contributed by atoms with Gasteiger partial charge in [-0.25, -0.2) is 0 Å². The third-order valence-corrected chi connectivity index (χ3v) is 3.59. The molecule has 0 spiro atoms. The fraction of sp³-hybridized carbons (Fsp3) is 0.429. The van der Waals surface area contributed by atoms with Gasteiger partial charge in [-0.3, -0.25) is 0 Å². The van der Waals surface area contributed by atoms with Crippen molar-refractivity contribution in [3.8, 4) is 0 Å². The molecule has 1 N–H and O–H groups in total. The minimum atomic E-state index is 1.09. The van der Waals surface area contributed by atoms with E-state index in [0.717, 1.165) is 39.1 Å². The highest BCUT2D eigenvalue weighted by atomic mass is 15.2.